The first-order valence-corrected chi connectivity index (χ1v) is 5.19. The van der Waals surface area contributed by atoms with Gasteiger partial charge in [-0.1, -0.05) is 18.2 Å². The Hall–Kier alpha value is -2.14. The molecule has 5 heteroatoms. The van der Waals surface area contributed by atoms with Crippen LogP contribution in [0.2, 0.25) is 0 Å². The van der Waals surface area contributed by atoms with E-state index in [1.54, 1.807) is 23.2 Å². The summed E-state index contributed by atoms with van der Waals surface area (Å²) >= 11 is 0. The molecule has 0 radical (unpaired) electrons. The molecular weight excluding hydrogens is 218 g/mol. The number of rotatable bonds is 3. The topological polar surface area (TPSA) is 58.4 Å². The monoisotopic (exact) mass is 231 g/mol. The first kappa shape index (κ1) is 11.3. The Morgan fingerprint density at radius 3 is 2.35 bits per heavy atom. The number of hydrogen-bond donors (Lipinski definition) is 1. The Labute approximate surface area is 98.8 Å². The van der Waals surface area contributed by atoms with E-state index < -0.39 is 0 Å². The minimum atomic E-state index is -0.359. The van der Waals surface area contributed by atoms with Crippen LogP contribution in [0.25, 0.3) is 10.8 Å². The van der Waals surface area contributed by atoms with Gasteiger partial charge in [0.05, 0.1) is 16.0 Å². The summed E-state index contributed by atoms with van der Waals surface area (Å²) in [6, 6.07) is 10.5. The second kappa shape index (κ2) is 4.39. The molecule has 0 heterocycles. The van der Waals surface area contributed by atoms with Crippen LogP contribution in [-0.2, 0) is 0 Å². The van der Waals surface area contributed by atoms with Gasteiger partial charge in [-0.25, -0.2) is 5.01 Å². The molecule has 0 aliphatic heterocycles. The van der Waals surface area contributed by atoms with Crippen LogP contribution >= 0.6 is 0 Å². The number of fused-ring (bicyclic) bond motifs is 1. The van der Waals surface area contributed by atoms with Crippen molar-refractivity contribution in [2.45, 2.75) is 0 Å². The van der Waals surface area contributed by atoms with Gasteiger partial charge in [0, 0.05) is 25.5 Å². The predicted molar refractivity (Wildman–Crippen MR) is 67.9 cm³/mol. The van der Waals surface area contributed by atoms with Crippen LogP contribution in [0.5, 0.6) is 0 Å². The van der Waals surface area contributed by atoms with Gasteiger partial charge in [0.2, 0.25) is 0 Å². The molecule has 5 nitrogen and oxygen atoms in total. The highest BCUT2D eigenvalue weighted by atomic mass is 16.6. The third-order valence-corrected chi connectivity index (χ3v) is 2.44. The molecule has 0 amide bonds. The quantitative estimate of drug-likeness (QED) is 0.651. The summed E-state index contributed by atoms with van der Waals surface area (Å²) < 4.78 is 0. The zero-order valence-electron chi connectivity index (χ0n) is 9.68. The van der Waals surface area contributed by atoms with E-state index in [0.717, 1.165) is 11.1 Å². The lowest BCUT2D eigenvalue weighted by Gasteiger charge is -2.15. The fourth-order valence-corrected chi connectivity index (χ4v) is 1.78. The highest BCUT2D eigenvalue weighted by Gasteiger charge is 2.13. The molecule has 2 rings (SSSR count). The molecule has 0 unspecified atom stereocenters. The molecule has 0 fully saturated rings. The summed E-state index contributed by atoms with van der Waals surface area (Å²) in [6.45, 7) is 0. The van der Waals surface area contributed by atoms with Gasteiger partial charge in [0.25, 0.3) is 5.69 Å². The molecule has 0 aliphatic rings. The molecular formula is C12H13N3O2. The fourth-order valence-electron chi connectivity index (χ4n) is 1.78. The van der Waals surface area contributed by atoms with Crippen molar-refractivity contribution in [2.24, 2.45) is 0 Å². The first-order chi connectivity index (χ1) is 8.09. The third-order valence-electron chi connectivity index (χ3n) is 2.44. The van der Waals surface area contributed by atoms with Gasteiger partial charge in [0.15, 0.2) is 0 Å². The van der Waals surface area contributed by atoms with E-state index in [-0.39, 0.29) is 10.6 Å². The molecule has 2 aromatic carbocycles. The minimum Gasteiger partial charge on any atom is -0.319 e. The molecule has 0 saturated carbocycles. The van der Waals surface area contributed by atoms with Crippen molar-refractivity contribution in [3.8, 4) is 0 Å². The second-order valence-corrected chi connectivity index (χ2v) is 3.94. The zero-order chi connectivity index (χ0) is 12.4. The van der Waals surface area contributed by atoms with Gasteiger partial charge in [-0.2, -0.15) is 0 Å². The van der Waals surface area contributed by atoms with Crippen molar-refractivity contribution in [2.75, 3.05) is 19.5 Å². The van der Waals surface area contributed by atoms with Crippen LogP contribution < -0.4 is 5.43 Å². The van der Waals surface area contributed by atoms with E-state index in [1.165, 1.54) is 6.07 Å². The van der Waals surface area contributed by atoms with Gasteiger partial charge in [-0.3, -0.25) is 10.1 Å². The van der Waals surface area contributed by atoms with E-state index in [1.807, 2.05) is 26.2 Å². The smallest absolute Gasteiger partial charge is 0.277 e. The first-order valence-electron chi connectivity index (χ1n) is 5.19. The second-order valence-electron chi connectivity index (χ2n) is 3.94. The number of hydrazine groups is 1. The summed E-state index contributed by atoms with van der Waals surface area (Å²) in [4.78, 5) is 10.6. The Balaban J connectivity index is 2.66. The van der Waals surface area contributed by atoms with E-state index in [4.69, 9.17) is 0 Å². The summed E-state index contributed by atoms with van der Waals surface area (Å²) in [5.41, 5.74) is 4.11. The molecule has 0 aliphatic carbocycles. The largest absolute Gasteiger partial charge is 0.319 e. The third kappa shape index (κ3) is 2.19. The molecule has 17 heavy (non-hydrogen) atoms. The summed E-state index contributed by atoms with van der Waals surface area (Å²) in [5.74, 6) is 0. The average molecular weight is 231 g/mol. The Kier molecular flexibility index (Phi) is 2.93. The number of non-ortho nitro benzene ring substituents is 1. The molecule has 0 saturated heterocycles. The lowest BCUT2D eigenvalue weighted by atomic mass is 10.1. The molecule has 0 atom stereocenters. The van der Waals surface area contributed by atoms with Crippen LogP contribution in [0.3, 0.4) is 0 Å². The number of hydrogen-bond acceptors (Lipinski definition) is 4. The molecule has 0 bridgehead atoms. The maximum absolute atomic E-state index is 10.9. The summed E-state index contributed by atoms with van der Waals surface area (Å²) in [7, 11) is 3.74. The maximum Gasteiger partial charge on any atom is 0.277 e. The number of nitro groups is 1. The molecule has 1 N–H and O–H groups in total. The number of benzene rings is 2. The van der Waals surface area contributed by atoms with Crippen molar-refractivity contribution in [1.29, 1.82) is 0 Å². The Morgan fingerprint density at radius 2 is 1.76 bits per heavy atom. The number of nitro benzene ring substituents is 1. The van der Waals surface area contributed by atoms with Gasteiger partial charge in [-0.15, -0.1) is 0 Å². The van der Waals surface area contributed by atoms with E-state index >= 15 is 0 Å². The van der Waals surface area contributed by atoms with E-state index in [9.17, 15) is 10.1 Å². The number of nitrogens with zero attached hydrogens (tertiary/aromatic N) is 2. The van der Waals surface area contributed by atoms with Crippen LogP contribution in [-0.4, -0.2) is 24.0 Å². The lowest BCUT2D eigenvalue weighted by Crippen LogP contribution is -2.19. The number of anilines is 1. The normalized spacial score (nSPS) is 10.8. The molecule has 88 valence electrons. The van der Waals surface area contributed by atoms with Crippen molar-refractivity contribution in [1.82, 2.24) is 5.01 Å². The van der Waals surface area contributed by atoms with Gasteiger partial charge in [-0.05, 0) is 12.1 Å². The zero-order valence-corrected chi connectivity index (χ0v) is 9.68. The van der Waals surface area contributed by atoms with Crippen molar-refractivity contribution >= 4 is 22.1 Å². The predicted octanol–water partition coefficient (Wildman–Crippen LogP) is 2.64. The van der Waals surface area contributed by atoms with Gasteiger partial charge >= 0.3 is 0 Å². The summed E-state index contributed by atoms with van der Waals surface area (Å²) in [5, 5.41) is 14.2. The molecule has 0 spiro atoms. The highest BCUT2D eigenvalue weighted by Crippen LogP contribution is 2.31. The average Bonchev–Trinajstić information content (AvgIpc) is 2.28. The van der Waals surface area contributed by atoms with Crippen LogP contribution in [0, 0.1) is 10.1 Å². The van der Waals surface area contributed by atoms with Crippen molar-refractivity contribution in [3.63, 3.8) is 0 Å². The Bertz CT molecular complexity index is 567. The van der Waals surface area contributed by atoms with Crippen LogP contribution in [0.15, 0.2) is 36.4 Å². The SMILES string of the molecule is CN(C)Nc1ccc([N+](=O)[O-])c2ccccc12. The lowest BCUT2D eigenvalue weighted by molar-refractivity contribution is -0.383. The van der Waals surface area contributed by atoms with Gasteiger partial charge < -0.3 is 5.43 Å². The fraction of sp³-hybridized carbons (Fsp3) is 0.167. The van der Waals surface area contributed by atoms with Crippen LogP contribution in [0.4, 0.5) is 11.4 Å². The van der Waals surface area contributed by atoms with E-state index in [2.05, 4.69) is 5.43 Å². The van der Waals surface area contributed by atoms with Crippen molar-refractivity contribution < 1.29 is 4.92 Å². The summed E-state index contributed by atoms with van der Waals surface area (Å²) in [6.07, 6.45) is 0. The highest BCUT2D eigenvalue weighted by molar-refractivity contribution is 5.99. The van der Waals surface area contributed by atoms with Crippen molar-refractivity contribution in [3.05, 3.63) is 46.5 Å². The molecule has 0 aromatic heterocycles. The minimum absolute atomic E-state index is 0.130. The van der Waals surface area contributed by atoms with E-state index in [0.29, 0.717) is 5.39 Å². The van der Waals surface area contributed by atoms with Crippen LogP contribution in [0.1, 0.15) is 0 Å². The number of nitrogens with one attached hydrogen (secondary N) is 1. The Morgan fingerprint density at radius 1 is 1.12 bits per heavy atom. The maximum atomic E-state index is 10.9. The molecule has 2 aromatic rings. The van der Waals surface area contributed by atoms with Gasteiger partial charge in [0.1, 0.15) is 0 Å². The standard InChI is InChI=1S/C12H13N3O2/c1-14(2)13-11-7-8-12(15(16)17)10-6-4-3-5-9(10)11/h3-8,13H,1-2H3.